The molecule has 0 spiro atoms. The molecule has 0 atom stereocenters. The van der Waals surface area contributed by atoms with E-state index >= 15 is 0 Å². The Kier molecular flexibility index (Phi) is 4.31. The number of carbonyl (C=O) groups is 2. The van der Waals surface area contributed by atoms with E-state index in [-0.39, 0.29) is 11.8 Å². The molecule has 2 aromatic carbocycles. The first-order valence-electron chi connectivity index (χ1n) is 6.47. The highest BCUT2D eigenvalue weighted by atomic mass is 16.5. The molecule has 0 heterocycles. The van der Waals surface area contributed by atoms with Gasteiger partial charge in [-0.25, -0.2) is 4.79 Å². The fourth-order valence-electron chi connectivity index (χ4n) is 2.00. The van der Waals surface area contributed by atoms with Crippen LogP contribution in [0.5, 0.6) is 0 Å². The number of hydrogen-bond donors (Lipinski definition) is 0. The van der Waals surface area contributed by atoms with E-state index in [1.807, 2.05) is 43.3 Å². The van der Waals surface area contributed by atoms with Crippen LogP contribution in [0.25, 0.3) is 11.1 Å². The van der Waals surface area contributed by atoms with Crippen LogP contribution < -0.4 is 0 Å². The zero-order chi connectivity index (χ0) is 14.5. The van der Waals surface area contributed by atoms with Gasteiger partial charge in [0.1, 0.15) is 0 Å². The van der Waals surface area contributed by atoms with Crippen molar-refractivity contribution in [2.45, 2.75) is 13.3 Å². The highest BCUT2D eigenvalue weighted by Gasteiger charge is 2.07. The average Bonchev–Trinajstić information content (AvgIpc) is 2.53. The highest BCUT2D eigenvalue weighted by molar-refractivity contribution is 5.96. The van der Waals surface area contributed by atoms with E-state index in [4.69, 9.17) is 4.74 Å². The lowest BCUT2D eigenvalue weighted by Crippen LogP contribution is -2.00. The van der Waals surface area contributed by atoms with Crippen molar-refractivity contribution in [3.63, 3.8) is 0 Å². The van der Waals surface area contributed by atoms with E-state index in [0.717, 1.165) is 11.1 Å². The molecule has 3 nitrogen and oxygen atoms in total. The SMILES string of the molecule is CCC(=O)c1ccc(-c2cccc(C(=O)OC)c2)cc1. The fourth-order valence-corrected chi connectivity index (χ4v) is 2.00. The predicted molar refractivity (Wildman–Crippen MR) is 77.8 cm³/mol. The maximum atomic E-state index is 11.6. The lowest BCUT2D eigenvalue weighted by atomic mass is 10.0. The van der Waals surface area contributed by atoms with E-state index in [1.54, 1.807) is 12.1 Å². The molecule has 0 aromatic heterocycles. The molecule has 2 aromatic rings. The lowest BCUT2D eigenvalue weighted by molar-refractivity contribution is 0.0600. The van der Waals surface area contributed by atoms with E-state index in [9.17, 15) is 9.59 Å². The van der Waals surface area contributed by atoms with Crippen molar-refractivity contribution in [3.8, 4) is 11.1 Å². The number of carbonyl (C=O) groups excluding carboxylic acids is 2. The summed E-state index contributed by atoms with van der Waals surface area (Å²) in [4.78, 5) is 23.1. The summed E-state index contributed by atoms with van der Waals surface area (Å²) in [6.07, 6.45) is 0.497. The number of rotatable bonds is 4. The Morgan fingerprint density at radius 1 is 0.950 bits per heavy atom. The molecule has 0 saturated carbocycles. The Morgan fingerprint density at radius 3 is 2.25 bits per heavy atom. The number of esters is 1. The van der Waals surface area contributed by atoms with Crippen molar-refractivity contribution in [2.75, 3.05) is 7.11 Å². The summed E-state index contributed by atoms with van der Waals surface area (Å²) in [7, 11) is 1.36. The molecule has 0 unspecified atom stereocenters. The van der Waals surface area contributed by atoms with Crippen LogP contribution in [-0.2, 0) is 4.74 Å². The molecule has 0 amide bonds. The minimum Gasteiger partial charge on any atom is -0.465 e. The van der Waals surface area contributed by atoms with Gasteiger partial charge in [-0.1, -0.05) is 43.3 Å². The third-order valence-electron chi connectivity index (χ3n) is 3.14. The second kappa shape index (κ2) is 6.15. The molecular formula is C17H16O3. The van der Waals surface area contributed by atoms with E-state index < -0.39 is 0 Å². The van der Waals surface area contributed by atoms with Gasteiger partial charge in [-0.05, 0) is 23.3 Å². The van der Waals surface area contributed by atoms with Crippen LogP contribution in [0, 0.1) is 0 Å². The fraction of sp³-hybridized carbons (Fsp3) is 0.176. The summed E-state index contributed by atoms with van der Waals surface area (Å²) in [6.45, 7) is 1.84. The van der Waals surface area contributed by atoms with Crippen LogP contribution in [0.1, 0.15) is 34.1 Å². The molecule has 0 bridgehead atoms. The summed E-state index contributed by atoms with van der Waals surface area (Å²) in [5.41, 5.74) is 3.10. The topological polar surface area (TPSA) is 43.4 Å². The van der Waals surface area contributed by atoms with Gasteiger partial charge in [-0.3, -0.25) is 4.79 Å². The number of Topliss-reactive ketones (excluding diaryl/α,β-unsaturated/α-hetero) is 1. The van der Waals surface area contributed by atoms with Gasteiger partial charge in [0.25, 0.3) is 0 Å². The van der Waals surface area contributed by atoms with Gasteiger partial charge in [0.05, 0.1) is 12.7 Å². The first-order chi connectivity index (χ1) is 9.65. The van der Waals surface area contributed by atoms with Crippen molar-refractivity contribution in [1.82, 2.24) is 0 Å². The van der Waals surface area contributed by atoms with Gasteiger partial charge in [-0.15, -0.1) is 0 Å². The summed E-state index contributed by atoms with van der Waals surface area (Å²) in [5, 5.41) is 0. The Balaban J connectivity index is 2.32. The average molecular weight is 268 g/mol. The van der Waals surface area contributed by atoms with E-state index in [1.165, 1.54) is 7.11 Å². The molecular weight excluding hydrogens is 252 g/mol. The van der Waals surface area contributed by atoms with E-state index in [0.29, 0.717) is 17.5 Å². The third kappa shape index (κ3) is 2.94. The molecule has 3 heteroatoms. The van der Waals surface area contributed by atoms with Gasteiger partial charge in [0, 0.05) is 12.0 Å². The standard InChI is InChI=1S/C17H16O3/c1-3-16(18)13-9-7-12(8-10-13)14-5-4-6-15(11-14)17(19)20-2/h4-11H,3H2,1-2H3. The van der Waals surface area contributed by atoms with Crippen LogP contribution in [0.4, 0.5) is 0 Å². The van der Waals surface area contributed by atoms with Gasteiger partial charge in [0.2, 0.25) is 0 Å². The second-order valence-corrected chi connectivity index (χ2v) is 4.43. The smallest absolute Gasteiger partial charge is 0.337 e. The highest BCUT2D eigenvalue weighted by Crippen LogP contribution is 2.21. The number of ketones is 1. The minimum atomic E-state index is -0.357. The molecule has 102 valence electrons. The third-order valence-corrected chi connectivity index (χ3v) is 3.14. The lowest BCUT2D eigenvalue weighted by Gasteiger charge is -2.05. The number of methoxy groups -OCH3 is 1. The molecule has 0 fully saturated rings. The van der Waals surface area contributed by atoms with Crippen LogP contribution in [0.2, 0.25) is 0 Å². The van der Waals surface area contributed by atoms with Crippen molar-refractivity contribution < 1.29 is 14.3 Å². The zero-order valence-corrected chi connectivity index (χ0v) is 11.6. The molecule has 20 heavy (non-hydrogen) atoms. The van der Waals surface area contributed by atoms with E-state index in [2.05, 4.69) is 0 Å². The van der Waals surface area contributed by atoms with Crippen molar-refractivity contribution in [2.24, 2.45) is 0 Å². The molecule has 0 aliphatic heterocycles. The van der Waals surface area contributed by atoms with Gasteiger partial charge < -0.3 is 4.74 Å². The normalized spacial score (nSPS) is 10.1. The number of ether oxygens (including phenoxy) is 1. The van der Waals surface area contributed by atoms with Crippen LogP contribution >= 0.6 is 0 Å². The van der Waals surface area contributed by atoms with Crippen molar-refractivity contribution in [1.29, 1.82) is 0 Å². The van der Waals surface area contributed by atoms with Crippen molar-refractivity contribution in [3.05, 3.63) is 59.7 Å². The summed E-state index contributed by atoms with van der Waals surface area (Å²) < 4.78 is 4.71. The van der Waals surface area contributed by atoms with Gasteiger partial charge in [-0.2, -0.15) is 0 Å². The van der Waals surface area contributed by atoms with Gasteiger partial charge in [0.15, 0.2) is 5.78 Å². The molecule has 2 rings (SSSR count). The Morgan fingerprint density at radius 2 is 1.65 bits per heavy atom. The Hall–Kier alpha value is -2.42. The van der Waals surface area contributed by atoms with Crippen LogP contribution in [0.15, 0.2) is 48.5 Å². The second-order valence-electron chi connectivity index (χ2n) is 4.43. The number of benzene rings is 2. The quantitative estimate of drug-likeness (QED) is 0.626. The van der Waals surface area contributed by atoms with Gasteiger partial charge >= 0.3 is 5.97 Å². The Labute approximate surface area is 118 Å². The van der Waals surface area contributed by atoms with Crippen LogP contribution in [-0.4, -0.2) is 18.9 Å². The Bertz CT molecular complexity index is 627. The summed E-state index contributed by atoms with van der Waals surface area (Å²) in [5.74, 6) is -0.232. The first-order valence-corrected chi connectivity index (χ1v) is 6.47. The zero-order valence-electron chi connectivity index (χ0n) is 11.6. The first kappa shape index (κ1) is 14.0. The molecule has 0 aliphatic carbocycles. The summed E-state index contributed by atoms with van der Waals surface area (Å²) >= 11 is 0. The summed E-state index contributed by atoms with van der Waals surface area (Å²) in [6, 6.07) is 14.6. The molecule has 0 aliphatic rings. The largest absolute Gasteiger partial charge is 0.465 e. The minimum absolute atomic E-state index is 0.125. The monoisotopic (exact) mass is 268 g/mol. The maximum absolute atomic E-state index is 11.6. The molecule has 0 N–H and O–H groups in total. The van der Waals surface area contributed by atoms with Crippen molar-refractivity contribution >= 4 is 11.8 Å². The number of hydrogen-bond acceptors (Lipinski definition) is 3. The molecule has 0 saturated heterocycles. The predicted octanol–water partition coefficient (Wildman–Crippen LogP) is 3.73. The van der Waals surface area contributed by atoms with Crippen LogP contribution in [0.3, 0.4) is 0 Å². The maximum Gasteiger partial charge on any atom is 0.337 e. The molecule has 0 radical (unpaired) electrons.